The van der Waals surface area contributed by atoms with Gasteiger partial charge in [0.1, 0.15) is 4.90 Å². The highest BCUT2D eigenvalue weighted by Gasteiger charge is 2.24. The number of hydrogen-bond donors (Lipinski definition) is 2. The molecule has 1 atom stereocenters. The van der Waals surface area contributed by atoms with Gasteiger partial charge in [-0.1, -0.05) is 6.42 Å². The van der Waals surface area contributed by atoms with Crippen LogP contribution in [0.1, 0.15) is 30.7 Å². The molecule has 1 aromatic rings. The van der Waals surface area contributed by atoms with Crippen LogP contribution in [0.2, 0.25) is 0 Å². The van der Waals surface area contributed by atoms with Crippen LogP contribution in [0.15, 0.2) is 4.90 Å². The summed E-state index contributed by atoms with van der Waals surface area (Å²) in [7, 11) is -1.72. The maximum atomic E-state index is 12.3. The largest absolute Gasteiger partial charge is 0.313 e. The summed E-state index contributed by atoms with van der Waals surface area (Å²) in [6.07, 6.45) is 3.35. The SMILES string of the molecule is Cc1nn(C)c(C)c1S(=O)(=O)NC[C@H]1CCCCN1. The molecule has 1 fully saturated rings. The zero-order valence-corrected chi connectivity index (χ0v) is 12.5. The first kappa shape index (κ1) is 14.5. The first-order chi connectivity index (χ1) is 8.92. The Labute approximate surface area is 114 Å². The smallest absolute Gasteiger partial charge is 0.244 e. The van der Waals surface area contributed by atoms with E-state index in [0.29, 0.717) is 22.8 Å². The van der Waals surface area contributed by atoms with Gasteiger partial charge >= 0.3 is 0 Å². The molecule has 1 aromatic heterocycles. The normalized spacial score (nSPS) is 20.7. The van der Waals surface area contributed by atoms with Crippen molar-refractivity contribution >= 4 is 10.0 Å². The van der Waals surface area contributed by atoms with Crippen LogP contribution in [0.5, 0.6) is 0 Å². The third-order valence-corrected chi connectivity index (χ3v) is 5.32. The fraction of sp³-hybridized carbons (Fsp3) is 0.750. The number of sulfonamides is 1. The van der Waals surface area contributed by atoms with Crippen LogP contribution < -0.4 is 10.0 Å². The number of nitrogens with zero attached hydrogens (tertiary/aromatic N) is 2. The minimum Gasteiger partial charge on any atom is -0.313 e. The minimum atomic E-state index is -3.47. The maximum Gasteiger partial charge on any atom is 0.244 e. The zero-order chi connectivity index (χ0) is 14.0. The van der Waals surface area contributed by atoms with Gasteiger partial charge < -0.3 is 5.32 Å². The molecule has 0 bridgehead atoms. The van der Waals surface area contributed by atoms with Crippen molar-refractivity contribution in [1.29, 1.82) is 0 Å². The van der Waals surface area contributed by atoms with Gasteiger partial charge in [0.2, 0.25) is 10.0 Å². The van der Waals surface area contributed by atoms with E-state index in [1.165, 1.54) is 6.42 Å². The lowest BCUT2D eigenvalue weighted by molar-refractivity contribution is 0.398. The molecule has 19 heavy (non-hydrogen) atoms. The van der Waals surface area contributed by atoms with E-state index in [4.69, 9.17) is 0 Å². The lowest BCUT2D eigenvalue weighted by Gasteiger charge is -2.23. The molecule has 0 radical (unpaired) electrons. The molecule has 7 heteroatoms. The average molecular weight is 286 g/mol. The molecule has 0 aliphatic carbocycles. The van der Waals surface area contributed by atoms with Crippen molar-refractivity contribution in [3.8, 4) is 0 Å². The lowest BCUT2D eigenvalue weighted by Crippen LogP contribution is -2.43. The number of aromatic nitrogens is 2. The van der Waals surface area contributed by atoms with Crippen LogP contribution in [-0.4, -0.2) is 37.3 Å². The minimum absolute atomic E-state index is 0.237. The Balaban J connectivity index is 2.09. The van der Waals surface area contributed by atoms with Gasteiger partial charge in [0.15, 0.2) is 0 Å². The zero-order valence-electron chi connectivity index (χ0n) is 11.7. The molecule has 0 aromatic carbocycles. The van der Waals surface area contributed by atoms with Crippen LogP contribution >= 0.6 is 0 Å². The van der Waals surface area contributed by atoms with Crippen LogP contribution in [-0.2, 0) is 17.1 Å². The molecule has 0 saturated carbocycles. The van der Waals surface area contributed by atoms with Gasteiger partial charge in [-0.2, -0.15) is 5.10 Å². The van der Waals surface area contributed by atoms with Crippen LogP contribution in [0, 0.1) is 13.8 Å². The van der Waals surface area contributed by atoms with Crippen molar-refractivity contribution in [3.05, 3.63) is 11.4 Å². The molecular weight excluding hydrogens is 264 g/mol. The van der Waals surface area contributed by atoms with Gasteiger partial charge in [0.25, 0.3) is 0 Å². The summed E-state index contributed by atoms with van der Waals surface area (Å²) < 4.78 is 29.0. The number of piperidine rings is 1. The van der Waals surface area contributed by atoms with Gasteiger partial charge in [-0.3, -0.25) is 4.68 Å². The number of rotatable bonds is 4. The van der Waals surface area contributed by atoms with E-state index in [1.807, 2.05) is 0 Å². The van der Waals surface area contributed by atoms with E-state index < -0.39 is 10.0 Å². The molecule has 1 aliphatic rings. The summed E-state index contributed by atoms with van der Waals surface area (Å²) in [5.74, 6) is 0. The summed E-state index contributed by atoms with van der Waals surface area (Å²) in [6, 6.07) is 0.237. The molecular formula is C12H22N4O2S. The van der Waals surface area contributed by atoms with Crippen molar-refractivity contribution in [2.45, 2.75) is 44.0 Å². The van der Waals surface area contributed by atoms with Gasteiger partial charge in [-0.15, -0.1) is 0 Å². The summed E-state index contributed by atoms with van der Waals surface area (Å²) in [4.78, 5) is 0.311. The second-order valence-electron chi connectivity index (χ2n) is 5.12. The first-order valence-electron chi connectivity index (χ1n) is 6.65. The second-order valence-corrected chi connectivity index (χ2v) is 6.83. The van der Waals surface area contributed by atoms with Crippen LogP contribution in [0.3, 0.4) is 0 Å². The highest BCUT2D eigenvalue weighted by atomic mass is 32.2. The first-order valence-corrected chi connectivity index (χ1v) is 8.13. The van der Waals surface area contributed by atoms with Crippen molar-refractivity contribution in [2.24, 2.45) is 7.05 Å². The summed E-state index contributed by atoms with van der Waals surface area (Å²) >= 11 is 0. The molecule has 1 saturated heterocycles. The van der Waals surface area contributed by atoms with Crippen LogP contribution in [0.4, 0.5) is 0 Å². The average Bonchev–Trinajstić information content (AvgIpc) is 2.63. The van der Waals surface area contributed by atoms with E-state index in [-0.39, 0.29) is 6.04 Å². The van der Waals surface area contributed by atoms with Crippen molar-refractivity contribution < 1.29 is 8.42 Å². The molecule has 1 aliphatic heterocycles. The summed E-state index contributed by atoms with van der Waals surface area (Å²) in [5, 5.41) is 7.48. The van der Waals surface area contributed by atoms with Gasteiger partial charge in [-0.25, -0.2) is 13.1 Å². The van der Waals surface area contributed by atoms with Gasteiger partial charge in [0.05, 0.1) is 11.4 Å². The Morgan fingerprint density at radius 3 is 2.68 bits per heavy atom. The molecule has 2 rings (SSSR count). The Kier molecular flexibility index (Phi) is 4.27. The standard InChI is InChI=1S/C12H22N4O2S/c1-9-12(10(2)16(3)15-9)19(17,18)14-8-11-6-4-5-7-13-11/h11,13-14H,4-8H2,1-3H3/t11-/m1/s1. The van der Waals surface area contributed by atoms with E-state index in [0.717, 1.165) is 19.4 Å². The number of nitrogens with one attached hydrogen (secondary N) is 2. The van der Waals surface area contributed by atoms with Crippen LogP contribution in [0.25, 0.3) is 0 Å². The molecule has 2 heterocycles. The highest BCUT2D eigenvalue weighted by Crippen LogP contribution is 2.18. The third-order valence-electron chi connectivity index (χ3n) is 3.64. The molecule has 0 unspecified atom stereocenters. The molecule has 0 spiro atoms. The monoisotopic (exact) mass is 286 g/mol. The highest BCUT2D eigenvalue weighted by molar-refractivity contribution is 7.89. The molecule has 6 nitrogen and oxygen atoms in total. The fourth-order valence-corrected chi connectivity index (χ4v) is 4.04. The fourth-order valence-electron chi connectivity index (χ4n) is 2.52. The Morgan fingerprint density at radius 1 is 1.42 bits per heavy atom. The van der Waals surface area contributed by atoms with Gasteiger partial charge in [-0.05, 0) is 33.2 Å². The molecule has 0 amide bonds. The third kappa shape index (κ3) is 3.16. The Bertz CT molecular complexity index is 544. The second kappa shape index (κ2) is 5.60. The van der Waals surface area contributed by atoms with Crippen molar-refractivity contribution in [3.63, 3.8) is 0 Å². The topological polar surface area (TPSA) is 76.0 Å². The number of hydrogen-bond acceptors (Lipinski definition) is 4. The maximum absolute atomic E-state index is 12.3. The van der Waals surface area contributed by atoms with E-state index in [2.05, 4.69) is 15.1 Å². The number of aryl methyl sites for hydroxylation is 2. The quantitative estimate of drug-likeness (QED) is 0.843. The van der Waals surface area contributed by atoms with Gasteiger partial charge in [0, 0.05) is 19.6 Å². The predicted molar refractivity (Wildman–Crippen MR) is 73.5 cm³/mol. The Hall–Kier alpha value is -0.920. The lowest BCUT2D eigenvalue weighted by atomic mass is 10.1. The Morgan fingerprint density at radius 2 is 2.16 bits per heavy atom. The summed E-state index contributed by atoms with van der Waals surface area (Å²) in [5.41, 5.74) is 1.21. The van der Waals surface area contributed by atoms with Crippen molar-refractivity contribution in [1.82, 2.24) is 19.8 Å². The van der Waals surface area contributed by atoms with E-state index in [1.54, 1.807) is 25.6 Å². The molecule has 108 valence electrons. The summed E-state index contributed by atoms with van der Waals surface area (Å²) in [6.45, 7) is 4.90. The van der Waals surface area contributed by atoms with Crippen molar-refractivity contribution in [2.75, 3.05) is 13.1 Å². The van der Waals surface area contributed by atoms with E-state index in [9.17, 15) is 8.42 Å². The molecule has 2 N–H and O–H groups in total. The predicted octanol–water partition coefficient (Wildman–Crippen LogP) is 0.457. The van der Waals surface area contributed by atoms with E-state index >= 15 is 0 Å².